The Bertz CT molecular complexity index is 427. The van der Waals surface area contributed by atoms with Gasteiger partial charge in [0, 0.05) is 6.04 Å². The Morgan fingerprint density at radius 3 is 2.85 bits per heavy atom. The van der Waals surface area contributed by atoms with Gasteiger partial charge in [0.25, 0.3) is 0 Å². The Labute approximate surface area is 122 Å². The van der Waals surface area contributed by atoms with Gasteiger partial charge in [0.05, 0.1) is 19.3 Å². The quantitative estimate of drug-likeness (QED) is 0.913. The molecule has 3 rings (SSSR count). The number of rotatable bonds is 4. The molecule has 0 bridgehead atoms. The van der Waals surface area contributed by atoms with Gasteiger partial charge in [-0.05, 0) is 50.0 Å². The van der Waals surface area contributed by atoms with Crippen molar-refractivity contribution in [2.24, 2.45) is 0 Å². The highest BCUT2D eigenvalue weighted by Crippen LogP contribution is 2.26. The Hall–Kier alpha value is -0.900. The zero-order valence-corrected chi connectivity index (χ0v) is 12.5. The topological polar surface area (TPSA) is 24.5 Å². The summed E-state index contributed by atoms with van der Waals surface area (Å²) in [5.74, 6) is 0. The van der Waals surface area contributed by atoms with Crippen LogP contribution in [0.15, 0.2) is 24.3 Å². The van der Waals surface area contributed by atoms with Crippen molar-refractivity contribution in [3.8, 4) is 0 Å². The molecule has 0 radical (unpaired) electrons. The lowest BCUT2D eigenvalue weighted by Gasteiger charge is -2.36. The summed E-state index contributed by atoms with van der Waals surface area (Å²) in [4.78, 5) is 2.59. The van der Waals surface area contributed by atoms with Crippen LogP contribution in [-0.2, 0) is 11.3 Å². The van der Waals surface area contributed by atoms with Crippen molar-refractivity contribution >= 4 is 0 Å². The number of nitrogens with zero attached hydrogens (tertiary/aromatic N) is 1. The Balaban J connectivity index is 1.57. The van der Waals surface area contributed by atoms with E-state index in [2.05, 4.69) is 41.4 Å². The second-order valence-electron chi connectivity index (χ2n) is 6.05. The van der Waals surface area contributed by atoms with Crippen molar-refractivity contribution in [2.45, 2.75) is 44.9 Å². The summed E-state index contributed by atoms with van der Waals surface area (Å²) in [6, 6.07) is 9.70. The molecule has 110 valence electrons. The van der Waals surface area contributed by atoms with E-state index in [0.29, 0.717) is 12.1 Å². The van der Waals surface area contributed by atoms with Crippen LogP contribution in [0.4, 0.5) is 0 Å². The summed E-state index contributed by atoms with van der Waals surface area (Å²) in [6.45, 7) is 7.57. The first-order valence-corrected chi connectivity index (χ1v) is 8.00. The lowest BCUT2D eigenvalue weighted by Crippen LogP contribution is -2.45. The maximum Gasteiger partial charge on any atom is 0.0721 e. The van der Waals surface area contributed by atoms with Gasteiger partial charge < -0.3 is 15.0 Å². The molecule has 1 saturated heterocycles. The molecule has 0 saturated carbocycles. The van der Waals surface area contributed by atoms with Gasteiger partial charge in [0.15, 0.2) is 0 Å². The minimum Gasteiger partial charge on any atom is -0.375 e. The Kier molecular flexibility index (Phi) is 4.71. The predicted molar refractivity (Wildman–Crippen MR) is 81.7 cm³/mol. The lowest BCUT2D eigenvalue weighted by atomic mass is 9.96. The molecule has 1 aromatic carbocycles. The van der Waals surface area contributed by atoms with Gasteiger partial charge >= 0.3 is 0 Å². The average molecular weight is 274 g/mol. The van der Waals surface area contributed by atoms with E-state index in [1.54, 1.807) is 0 Å². The van der Waals surface area contributed by atoms with Crippen molar-refractivity contribution in [2.75, 3.05) is 26.2 Å². The number of piperidine rings is 1. The van der Waals surface area contributed by atoms with E-state index in [1.165, 1.54) is 50.0 Å². The first kappa shape index (κ1) is 14.1. The highest BCUT2D eigenvalue weighted by Gasteiger charge is 2.25. The first-order chi connectivity index (χ1) is 9.86. The van der Waals surface area contributed by atoms with Gasteiger partial charge in [-0.15, -0.1) is 0 Å². The summed E-state index contributed by atoms with van der Waals surface area (Å²) >= 11 is 0. The van der Waals surface area contributed by atoms with Crippen LogP contribution >= 0.6 is 0 Å². The molecule has 2 aliphatic heterocycles. The van der Waals surface area contributed by atoms with Gasteiger partial charge in [-0.2, -0.15) is 0 Å². The van der Waals surface area contributed by atoms with Crippen LogP contribution in [0.5, 0.6) is 0 Å². The van der Waals surface area contributed by atoms with Crippen molar-refractivity contribution in [1.29, 1.82) is 0 Å². The standard InChI is InChI=1S/C17H26N2O/c1-2-9-19-10-7-15(8-11-19)18-17-13-20-12-14-5-3-4-6-16(14)17/h3-6,15,17-18H,2,7-13H2,1H3. The fourth-order valence-corrected chi connectivity index (χ4v) is 3.44. The maximum atomic E-state index is 5.74. The van der Waals surface area contributed by atoms with Crippen LogP contribution in [-0.4, -0.2) is 37.2 Å². The normalized spacial score (nSPS) is 24.6. The summed E-state index contributed by atoms with van der Waals surface area (Å²) in [6.07, 6.45) is 3.79. The molecule has 1 aromatic rings. The van der Waals surface area contributed by atoms with Crippen molar-refractivity contribution in [3.63, 3.8) is 0 Å². The summed E-state index contributed by atoms with van der Waals surface area (Å²) in [7, 11) is 0. The molecule has 20 heavy (non-hydrogen) atoms. The molecule has 1 N–H and O–H groups in total. The third-order valence-electron chi connectivity index (χ3n) is 4.54. The Morgan fingerprint density at radius 2 is 2.05 bits per heavy atom. The monoisotopic (exact) mass is 274 g/mol. The average Bonchev–Trinajstić information content (AvgIpc) is 2.50. The van der Waals surface area contributed by atoms with E-state index in [1.807, 2.05) is 0 Å². The second kappa shape index (κ2) is 6.70. The predicted octanol–water partition coefficient (Wildman–Crippen LogP) is 2.72. The smallest absolute Gasteiger partial charge is 0.0721 e. The highest BCUT2D eigenvalue weighted by molar-refractivity contribution is 5.31. The zero-order chi connectivity index (χ0) is 13.8. The molecule has 3 nitrogen and oxygen atoms in total. The van der Waals surface area contributed by atoms with Crippen LogP contribution < -0.4 is 5.32 Å². The number of likely N-dealkylation sites (tertiary alicyclic amines) is 1. The van der Waals surface area contributed by atoms with E-state index < -0.39 is 0 Å². The molecule has 2 heterocycles. The fraction of sp³-hybridized carbons (Fsp3) is 0.647. The molecular weight excluding hydrogens is 248 g/mol. The zero-order valence-electron chi connectivity index (χ0n) is 12.5. The van der Waals surface area contributed by atoms with Crippen LogP contribution in [0.3, 0.4) is 0 Å². The van der Waals surface area contributed by atoms with Crippen molar-refractivity contribution in [3.05, 3.63) is 35.4 Å². The lowest BCUT2D eigenvalue weighted by molar-refractivity contribution is 0.0733. The molecule has 0 aromatic heterocycles. The fourth-order valence-electron chi connectivity index (χ4n) is 3.44. The number of hydrogen-bond donors (Lipinski definition) is 1. The summed E-state index contributed by atoms with van der Waals surface area (Å²) in [5, 5.41) is 3.82. The molecule has 2 aliphatic rings. The molecule has 1 unspecified atom stereocenters. The molecule has 0 spiro atoms. The molecule has 3 heteroatoms. The largest absolute Gasteiger partial charge is 0.375 e. The van der Waals surface area contributed by atoms with E-state index in [0.717, 1.165) is 13.2 Å². The number of hydrogen-bond acceptors (Lipinski definition) is 3. The van der Waals surface area contributed by atoms with Gasteiger partial charge in [-0.3, -0.25) is 0 Å². The SMILES string of the molecule is CCCN1CCC(NC2COCc3ccccc32)CC1. The van der Waals surface area contributed by atoms with E-state index >= 15 is 0 Å². The number of fused-ring (bicyclic) bond motifs is 1. The third-order valence-corrected chi connectivity index (χ3v) is 4.54. The Morgan fingerprint density at radius 1 is 1.25 bits per heavy atom. The van der Waals surface area contributed by atoms with E-state index in [9.17, 15) is 0 Å². The molecule has 1 atom stereocenters. The highest BCUT2D eigenvalue weighted by atomic mass is 16.5. The minimum absolute atomic E-state index is 0.377. The van der Waals surface area contributed by atoms with E-state index in [4.69, 9.17) is 4.74 Å². The van der Waals surface area contributed by atoms with Gasteiger partial charge in [0.2, 0.25) is 0 Å². The molecule has 1 fully saturated rings. The first-order valence-electron chi connectivity index (χ1n) is 8.00. The molecule has 0 amide bonds. The summed E-state index contributed by atoms with van der Waals surface area (Å²) in [5.41, 5.74) is 2.79. The van der Waals surface area contributed by atoms with Gasteiger partial charge in [0.1, 0.15) is 0 Å². The number of ether oxygens (including phenoxy) is 1. The van der Waals surface area contributed by atoms with Crippen LogP contribution in [0.1, 0.15) is 43.4 Å². The molecule has 0 aliphatic carbocycles. The van der Waals surface area contributed by atoms with Gasteiger partial charge in [-0.1, -0.05) is 31.2 Å². The minimum atomic E-state index is 0.377. The van der Waals surface area contributed by atoms with Crippen molar-refractivity contribution in [1.82, 2.24) is 10.2 Å². The van der Waals surface area contributed by atoms with Crippen LogP contribution in [0, 0.1) is 0 Å². The molecular formula is C17H26N2O. The van der Waals surface area contributed by atoms with Crippen LogP contribution in [0.25, 0.3) is 0 Å². The van der Waals surface area contributed by atoms with E-state index in [-0.39, 0.29) is 0 Å². The number of nitrogens with one attached hydrogen (secondary N) is 1. The maximum absolute atomic E-state index is 5.74. The van der Waals surface area contributed by atoms with Crippen molar-refractivity contribution < 1.29 is 4.74 Å². The third kappa shape index (κ3) is 3.22. The number of benzene rings is 1. The summed E-state index contributed by atoms with van der Waals surface area (Å²) < 4.78 is 5.74. The van der Waals surface area contributed by atoms with Gasteiger partial charge in [-0.25, -0.2) is 0 Å². The second-order valence-corrected chi connectivity index (χ2v) is 6.05. The van der Waals surface area contributed by atoms with Crippen LogP contribution in [0.2, 0.25) is 0 Å².